The van der Waals surface area contributed by atoms with E-state index in [0.717, 1.165) is 5.71 Å². The third kappa shape index (κ3) is 6.58. The van der Waals surface area contributed by atoms with Crippen molar-refractivity contribution >= 4 is 23.3 Å². The lowest BCUT2D eigenvalue weighted by molar-refractivity contribution is -0.142. The second kappa shape index (κ2) is 8.05. The molecular weight excluding hydrogens is 190 g/mol. The van der Waals surface area contributed by atoms with Gasteiger partial charge in [-0.15, -0.1) is 11.6 Å². The van der Waals surface area contributed by atoms with Crippen LogP contribution in [0.2, 0.25) is 0 Å². The highest BCUT2D eigenvalue weighted by Crippen LogP contribution is 1.98. The molecule has 4 heteroatoms. The first-order chi connectivity index (χ1) is 6.24. The van der Waals surface area contributed by atoms with Crippen molar-refractivity contribution in [1.29, 1.82) is 0 Å². The molecule has 13 heavy (non-hydrogen) atoms. The molecule has 0 spiro atoms. The fraction of sp³-hybridized carbons (Fsp3) is 0.778. The Hall–Kier alpha value is -0.570. The molecule has 0 saturated heterocycles. The highest BCUT2D eigenvalue weighted by atomic mass is 35.5. The first kappa shape index (κ1) is 12.4. The summed E-state index contributed by atoms with van der Waals surface area (Å²) in [6, 6.07) is 0. The van der Waals surface area contributed by atoms with Gasteiger partial charge in [0.1, 0.15) is 0 Å². The number of nitrogens with zero attached hydrogens (tertiary/aromatic N) is 1. The topological polar surface area (TPSA) is 38.7 Å². The second-order valence-corrected chi connectivity index (χ2v) is 2.75. The number of ether oxygens (including phenoxy) is 1. The highest BCUT2D eigenvalue weighted by molar-refractivity contribution is 6.28. The van der Waals surface area contributed by atoms with Crippen LogP contribution in [0.4, 0.5) is 0 Å². The van der Waals surface area contributed by atoms with Crippen LogP contribution in [0.25, 0.3) is 0 Å². The largest absolute Gasteiger partial charge is 0.466 e. The molecule has 0 amide bonds. The molecule has 0 unspecified atom stereocenters. The zero-order valence-corrected chi connectivity index (χ0v) is 8.93. The Morgan fingerprint density at radius 3 is 2.54 bits per heavy atom. The Bertz CT molecular complexity index is 180. The fourth-order valence-electron chi connectivity index (χ4n) is 0.891. The summed E-state index contributed by atoms with van der Waals surface area (Å²) in [7, 11) is 0. The normalized spacial score (nSPS) is 11.5. The van der Waals surface area contributed by atoms with Crippen molar-refractivity contribution in [3.8, 4) is 0 Å². The van der Waals surface area contributed by atoms with Crippen molar-refractivity contribution in [3.63, 3.8) is 0 Å². The molecule has 0 saturated carbocycles. The van der Waals surface area contributed by atoms with Gasteiger partial charge in [-0.05, 0) is 20.3 Å². The van der Waals surface area contributed by atoms with Gasteiger partial charge in [-0.3, -0.25) is 9.79 Å². The molecule has 0 rings (SSSR count). The minimum Gasteiger partial charge on any atom is -0.466 e. The maximum Gasteiger partial charge on any atom is 0.306 e. The van der Waals surface area contributed by atoms with Crippen LogP contribution in [0, 0.1) is 0 Å². The van der Waals surface area contributed by atoms with Gasteiger partial charge in [0, 0.05) is 12.3 Å². The molecule has 0 aromatic rings. The second-order valence-electron chi connectivity index (χ2n) is 2.48. The summed E-state index contributed by atoms with van der Waals surface area (Å²) in [5, 5.41) is 0. The van der Waals surface area contributed by atoms with E-state index in [1.165, 1.54) is 0 Å². The summed E-state index contributed by atoms with van der Waals surface area (Å²) in [6.07, 6.45) is 0.982. The molecule has 0 bridgehead atoms. The molecule has 0 aliphatic rings. The van der Waals surface area contributed by atoms with E-state index >= 15 is 0 Å². The highest BCUT2D eigenvalue weighted by Gasteiger charge is 2.04. The molecule has 0 fully saturated rings. The van der Waals surface area contributed by atoms with Gasteiger partial charge in [-0.1, -0.05) is 0 Å². The van der Waals surface area contributed by atoms with E-state index in [4.69, 9.17) is 16.3 Å². The summed E-state index contributed by atoms with van der Waals surface area (Å²) >= 11 is 5.62. The summed E-state index contributed by atoms with van der Waals surface area (Å²) in [6.45, 7) is 4.88. The number of aliphatic imine (C=N–C) groups is 1. The summed E-state index contributed by atoms with van der Waals surface area (Å²) in [5.74, 6) is 0.212. The van der Waals surface area contributed by atoms with Crippen molar-refractivity contribution in [2.24, 2.45) is 4.99 Å². The zero-order chi connectivity index (χ0) is 10.1. The molecule has 76 valence electrons. The first-order valence-corrected chi connectivity index (χ1v) is 5.01. The predicted molar refractivity (Wildman–Crippen MR) is 54.6 cm³/mol. The van der Waals surface area contributed by atoms with Gasteiger partial charge in [0.25, 0.3) is 0 Å². The van der Waals surface area contributed by atoms with Crippen molar-refractivity contribution in [1.82, 2.24) is 0 Å². The molecule has 0 aliphatic heterocycles. The predicted octanol–water partition coefficient (Wildman–Crippen LogP) is 2.03. The number of hydrogen-bond donors (Lipinski definition) is 0. The van der Waals surface area contributed by atoms with Gasteiger partial charge in [0.2, 0.25) is 0 Å². The number of hydrogen-bond acceptors (Lipinski definition) is 3. The van der Waals surface area contributed by atoms with E-state index in [9.17, 15) is 4.79 Å². The lowest BCUT2D eigenvalue weighted by Gasteiger charge is -2.02. The number of halogens is 1. The van der Waals surface area contributed by atoms with Crippen LogP contribution in [0.3, 0.4) is 0 Å². The summed E-state index contributed by atoms with van der Waals surface area (Å²) in [4.78, 5) is 15.1. The Morgan fingerprint density at radius 1 is 1.38 bits per heavy atom. The van der Waals surface area contributed by atoms with Crippen LogP contribution in [0.1, 0.15) is 26.7 Å². The average molecular weight is 206 g/mol. The van der Waals surface area contributed by atoms with Gasteiger partial charge >= 0.3 is 5.97 Å². The van der Waals surface area contributed by atoms with E-state index < -0.39 is 0 Å². The van der Waals surface area contributed by atoms with E-state index in [0.29, 0.717) is 31.9 Å². The Kier molecular flexibility index (Phi) is 7.69. The van der Waals surface area contributed by atoms with E-state index in [2.05, 4.69) is 4.99 Å². The molecule has 0 radical (unpaired) electrons. The van der Waals surface area contributed by atoms with Crippen LogP contribution in [0.5, 0.6) is 0 Å². The Morgan fingerprint density at radius 2 is 2.08 bits per heavy atom. The summed E-state index contributed by atoms with van der Waals surface area (Å²) < 4.78 is 4.78. The van der Waals surface area contributed by atoms with Gasteiger partial charge in [0.15, 0.2) is 0 Å². The minimum atomic E-state index is -0.184. The molecule has 0 aromatic carbocycles. The number of alkyl halides is 1. The molecule has 0 N–H and O–H groups in total. The van der Waals surface area contributed by atoms with Crippen LogP contribution < -0.4 is 0 Å². The average Bonchev–Trinajstić information content (AvgIpc) is 2.12. The molecule has 0 heterocycles. The van der Waals surface area contributed by atoms with Crippen LogP contribution in [-0.4, -0.2) is 30.7 Å². The maximum atomic E-state index is 10.9. The SMILES string of the molecule is CCN=C(CCl)CCC(=O)OCC. The molecule has 3 nitrogen and oxygen atoms in total. The van der Waals surface area contributed by atoms with Crippen molar-refractivity contribution < 1.29 is 9.53 Å². The number of carbonyl (C=O) groups excluding carboxylic acids is 1. The van der Waals surface area contributed by atoms with Gasteiger partial charge in [0.05, 0.1) is 18.9 Å². The molecule has 0 aliphatic carbocycles. The minimum absolute atomic E-state index is 0.184. The van der Waals surface area contributed by atoms with Crippen LogP contribution in [0.15, 0.2) is 4.99 Å². The third-order valence-electron chi connectivity index (χ3n) is 1.46. The van der Waals surface area contributed by atoms with Crippen molar-refractivity contribution in [3.05, 3.63) is 0 Å². The summed E-state index contributed by atoms with van der Waals surface area (Å²) in [5.41, 5.74) is 0.872. The molecule has 0 aromatic heterocycles. The number of esters is 1. The van der Waals surface area contributed by atoms with Crippen molar-refractivity contribution in [2.45, 2.75) is 26.7 Å². The monoisotopic (exact) mass is 205 g/mol. The third-order valence-corrected chi connectivity index (χ3v) is 1.77. The van der Waals surface area contributed by atoms with Crippen molar-refractivity contribution in [2.75, 3.05) is 19.0 Å². The van der Waals surface area contributed by atoms with Crippen LogP contribution >= 0.6 is 11.6 Å². The van der Waals surface area contributed by atoms with E-state index in [-0.39, 0.29) is 5.97 Å². The van der Waals surface area contributed by atoms with Gasteiger partial charge < -0.3 is 4.74 Å². The van der Waals surface area contributed by atoms with E-state index in [1.54, 1.807) is 6.92 Å². The lowest BCUT2D eigenvalue weighted by Crippen LogP contribution is -2.09. The number of rotatable bonds is 6. The zero-order valence-electron chi connectivity index (χ0n) is 8.18. The first-order valence-electron chi connectivity index (χ1n) is 4.48. The Labute approximate surface area is 84.1 Å². The lowest BCUT2D eigenvalue weighted by atomic mass is 10.2. The maximum absolute atomic E-state index is 10.9. The van der Waals surface area contributed by atoms with Gasteiger partial charge in [-0.25, -0.2) is 0 Å². The van der Waals surface area contributed by atoms with Gasteiger partial charge in [-0.2, -0.15) is 0 Å². The molecular formula is C9H16ClNO2. The van der Waals surface area contributed by atoms with Crippen LogP contribution in [-0.2, 0) is 9.53 Å². The van der Waals surface area contributed by atoms with E-state index in [1.807, 2.05) is 6.92 Å². The Balaban J connectivity index is 3.72. The molecule has 0 atom stereocenters. The smallest absolute Gasteiger partial charge is 0.306 e. The quantitative estimate of drug-likeness (QED) is 0.378. The number of carbonyl (C=O) groups is 1. The standard InChI is InChI=1S/C9H16ClNO2/c1-3-11-8(7-10)5-6-9(12)13-4-2/h3-7H2,1-2H3. The fourth-order valence-corrected chi connectivity index (χ4v) is 1.11.